The second-order valence-corrected chi connectivity index (χ2v) is 20.4. The number of carbonyl (C=O) groups is 6. The molecule has 1 unspecified atom stereocenters. The maximum absolute atomic E-state index is 14.5. The number of alkyl carbamates (subject to hydrolysis) is 1. The highest BCUT2D eigenvalue weighted by Gasteiger charge is 2.55. The number of thiazole rings is 1. The Morgan fingerprint density at radius 1 is 0.827 bits per heavy atom. The van der Waals surface area contributed by atoms with Gasteiger partial charge in [-0.3, -0.25) is 19.8 Å². The van der Waals surface area contributed by atoms with Crippen LogP contribution < -0.4 is 16.0 Å². The van der Waals surface area contributed by atoms with Gasteiger partial charge in [0.25, 0.3) is 11.8 Å². The maximum Gasteiger partial charge on any atom is 0.413 e. The zero-order valence-electron chi connectivity index (χ0n) is 41.0. The molecule has 0 aliphatic carbocycles. The van der Waals surface area contributed by atoms with E-state index in [0.717, 1.165) is 22.5 Å². The average molecular weight is 1080 g/mol. The highest BCUT2D eigenvalue weighted by atomic mass is 32.2. The molecule has 1 saturated heterocycles. The molecule has 75 heavy (non-hydrogen) atoms. The molecular weight excluding hydrogens is 1020 g/mol. The molecule has 2 aliphatic heterocycles. The molecule has 1 fully saturated rings. The molecule has 4 amide bonds. The molecule has 4 heterocycles. The number of amides is 4. The number of benzene rings is 4. The van der Waals surface area contributed by atoms with Gasteiger partial charge < -0.3 is 34.4 Å². The zero-order chi connectivity index (χ0) is 53.1. The quantitative estimate of drug-likeness (QED) is 0.0193. The number of fused-ring (bicyclic) bond motifs is 1. The fourth-order valence-electron chi connectivity index (χ4n) is 7.65. The molecule has 6 aromatic rings. The first-order valence-corrected chi connectivity index (χ1v) is 26.0. The highest BCUT2D eigenvalue weighted by molar-refractivity contribution is 8.01. The van der Waals surface area contributed by atoms with Crippen LogP contribution >= 0.6 is 34.9 Å². The summed E-state index contributed by atoms with van der Waals surface area (Å²) < 4.78 is 24.5. The van der Waals surface area contributed by atoms with Crippen molar-refractivity contribution in [2.24, 2.45) is 12.2 Å². The number of nitrogens with one attached hydrogen (secondary N) is 3. The van der Waals surface area contributed by atoms with Gasteiger partial charge in [-0.15, -0.1) is 28.2 Å². The molecule has 3 N–H and O–H groups in total. The van der Waals surface area contributed by atoms with Gasteiger partial charge in [0.2, 0.25) is 5.16 Å². The van der Waals surface area contributed by atoms with E-state index in [-0.39, 0.29) is 28.0 Å². The van der Waals surface area contributed by atoms with Crippen LogP contribution in [-0.4, -0.2) is 120 Å². The molecule has 4 aromatic carbocycles. The lowest BCUT2D eigenvalue weighted by Crippen LogP contribution is -2.71. The van der Waals surface area contributed by atoms with Gasteiger partial charge in [-0.05, 0) is 59.0 Å². The van der Waals surface area contributed by atoms with E-state index >= 15 is 0 Å². The standard InChI is InChI=1S/C51H50N10O11S3/c1-51(2,3)72-50(67)53-35(45(64)70-40(30-18-10-6-11-19-30)31-20-12-7-13-21-31)26-69-49(66)55-47-52-36(29-74-47)37(57-68-5)42(62)54-38-43(63)61-39(34(27-73-44(38)61)28-75-48-56-58-59-60(48)4)46(65)71-41(32-22-14-8-15-23-32)33-24-16-9-17-25-33/h6-25,29,35,38,40-41,44H,26-28H2,1-5H3,(H,53,67)(H,54,62)(H,52,55,66)/b57-37+/t35?,38-,44-/m1/s1. The lowest BCUT2D eigenvalue weighted by molar-refractivity contribution is -0.154. The zero-order valence-corrected chi connectivity index (χ0v) is 43.4. The van der Waals surface area contributed by atoms with Crippen molar-refractivity contribution < 1.29 is 52.6 Å². The van der Waals surface area contributed by atoms with Gasteiger partial charge in [0.1, 0.15) is 42.1 Å². The van der Waals surface area contributed by atoms with Gasteiger partial charge >= 0.3 is 24.1 Å². The van der Waals surface area contributed by atoms with E-state index in [4.69, 9.17) is 23.8 Å². The Hall–Kier alpha value is -8.09. The first kappa shape index (κ1) is 53.2. The molecule has 21 nitrogen and oxygen atoms in total. The number of aryl methyl sites for hydroxylation is 1. The third-order valence-corrected chi connectivity index (χ3v) is 14.3. The van der Waals surface area contributed by atoms with Crippen molar-refractivity contribution >= 4 is 81.6 Å². The number of esters is 2. The first-order valence-electron chi connectivity index (χ1n) is 23.1. The van der Waals surface area contributed by atoms with Crippen molar-refractivity contribution in [2.75, 3.05) is 30.5 Å². The molecule has 2 aromatic heterocycles. The molecule has 24 heteroatoms. The van der Waals surface area contributed by atoms with Crippen molar-refractivity contribution in [3.05, 3.63) is 166 Å². The minimum absolute atomic E-state index is 0.0370. The van der Waals surface area contributed by atoms with Crippen LogP contribution in [0.15, 0.2) is 148 Å². The van der Waals surface area contributed by atoms with E-state index in [1.54, 1.807) is 76.3 Å². The SMILES string of the molecule is CO/N=C(/C(=O)N[C@@H]1C(=O)N2C(C(=O)OC(c3ccccc3)c3ccccc3)=C(CSc3nnnn3C)CS[C@H]12)c1csc(NC(=O)OCC(NC(=O)OC(C)(C)C)C(=O)OC(c2ccccc2)c2ccccc2)n1. The molecule has 0 saturated carbocycles. The minimum Gasteiger partial charge on any atom is -0.451 e. The Morgan fingerprint density at radius 3 is 1.93 bits per heavy atom. The number of carbonyl (C=O) groups excluding carboxylic acids is 6. The fraction of sp³-hybridized carbons (Fsp3) is 0.275. The smallest absolute Gasteiger partial charge is 0.413 e. The second kappa shape index (κ2) is 24.3. The number of tetrazole rings is 1. The average Bonchev–Trinajstić information content (AvgIpc) is 4.06. The summed E-state index contributed by atoms with van der Waals surface area (Å²) >= 11 is 3.53. The van der Waals surface area contributed by atoms with E-state index in [1.807, 2.05) is 72.8 Å². The lowest BCUT2D eigenvalue weighted by Gasteiger charge is -2.49. The summed E-state index contributed by atoms with van der Waals surface area (Å²) in [5, 5.41) is 24.3. The third kappa shape index (κ3) is 13.4. The summed E-state index contributed by atoms with van der Waals surface area (Å²) in [4.78, 5) is 93.4. The van der Waals surface area contributed by atoms with Crippen LogP contribution in [0, 0.1) is 0 Å². The van der Waals surface area contributed by atoms with E-state index in [1.165, 1.54) is 45.6 Å². The molecule has 3 atom stereocenters. The summed E-state index contributed by atoms with van der Waals surface area (Å²) in [5.74, 6) is -2.53. The minimum atomic E-state index is -1.52. The number of rotatable bonds is 19. The van der Waals surface area contributed by atoms with E-state index < -0.39 is 77.8 Å². The summed E-state index contributed by atoms with van der Waals surface area (Å²) in [6, 6.07) is 33.8. The first-order chi connectivity index (χ1) is 36.2. The highest BCUT2D eigenvalue weighted by Crippen LogP contribution is 2.43. The third-order valence-electron chi connectivity index (χ3n) is 11.1. The van der Waals surface area contributed by atoms with Crippen LogP contribution in [0.4, 0.5) is 14.7 Å². The van der Waals surface area contributed by atoms with Crippen molar-refractivity contribution in [1.82, 2.24) is 40.7 Å². The maximum atomic E-state index is 14.5. The number of nitrogens with zero attached hydrogens (tertiary/aromatic N) is 7. The second-order valence-electron chi connectivity index (χ2n) is 17.5. The monoisotopic (exact) mass is 1070 g/mol. The molecule has 0 spiro atoms. The number of hydrogen-bond acceptors (Lipinski definition) is 19. The number of aromatic nitrogens is 5. The number of thioether (sulfide) groups is 2. The number of ether oxygens (including phenoxy) is 4. The largest absolute Gasteiger partial charge is 0.451 e. The van der Waals surface area contributed by atoms with Gasteiger partial charge in [0.15, 0.2) is 29.1 Å². The van der Waals surface area contributed by atoms with Gasteiger partial charge in [-0.25, -0.2) is 28.8 Å². The molecular formula is C51H50N10O11S3. The molecule has 8 rings (SSSR count). The van der Waals surface area contributed by atoms with Crippen molar-refractivity contribution in [1.29, 1.82) is 0 Å². The van der Waals surface area contributed by atoms with Gasteiger partial charge in [-0.1, -0.05) is 138 Å². The fourth-order valence-corrected chi connectivity index (χ4v) is 10.7. The number of hydrogen-bond donors (Lipinski definition) is 3. The van der Waals surface area contributed by atoms with Crippen LogP contribution in [-0.2, 0) is 50.0 Å². The topological polar surface area (TPSA) is 257 Å². The lowest BCUT2D eigenvalue weighted by atomic mass is 10.0. The summed E-state index contributed by atoms with van der Waals surface area (Å²) in [6.07, 6.45) is -3.71. The molecule has 388 valence electrons. The molecule has 2 aliphatic rings. The summed E-state index contributed by atoms with van der Waals surface area (Å²) in [5.41, 5.74) is 2.11. The number of β-lactam (4-membered cyclic amide) rings is 1. The Labute approximate surface area is 442 Å². The Morgan fingerprint density at radius 2 is 1.40 bits per heavy atom. The van der Waals surface area contributed by atoms with Gasteiger partial charge in [0, 0.05) is 23.9 Å². The molecule has 0 radical (unpaired) electrons. The van der Waals surface area contributed by atoms with Crippen LogP contribution in [0.3, 0.4) is 0 Å². The Balaban J connectivity index is 0.941. The van der Waals surface area contributed by atoms with Crippen LogP contribution in [0.2, 0.25) is 0 Å². The van der Waals surface area contributed by atoms with Crippen molar-refractivity contribution in [3.63, 3.8) is 0 Å². The van der Waals surface area contributed by atoms with Crippen molar-refractivity contribution in [2.45, 2.75) is 61.2 Å². The van der Waals surface area contributed by atoms with E-state index in [2.05, 4.69) is 41.6 Å². The van der Waals surface area contributed by atoms with Crippen molar-refractivity contribution in [3.8, 4) is 0 Å². The van der Waals surface area contributed by atoms with Gasteiger partial charge in [0.05, 0.1) is 0 Å². The van der Waals surface area contributed by atoms with Crippen LogP contribution in [0.25, 0.3) is 0 Å². The van der Waals surface area contributed by atoms with Gasteiger partial charge in [-0.2, -0.15) is 0 Å². The summed E-state index contributed by atoms with van der Waals surface area (Å²) in [7, 11) is 2.91. The van der Waals surface area contributed by atoms with Crippen LogP contribution in [0.5, 0.6) is 0 Å². The predicted molar refractivity (Wildman–Crippen MR) is 277 cm³/mol. The number of oxime groups is 1. The van der Waals surface area contributed by atoms with E-state index in [0.29, 0.717) is 27.6 Å². The summed E-state index contributed by atoms with van der Waals surface area (Å²) in [6.45, 7) is 4.26. The predicted octanol–water partition coefficient (Wildman–Crippen LogP) is 6.57. The van der Waals surface area contributed by atoms with Crippen LogP contribution in [0.1, 0.15) is 60.9 Å². The molecule has 0 bridgehead atoms. The Kier molecular flexibility index (Phi) is 17.2. The van der Waals surface area contributed by atoms with E-state index in [9.17, 15) is 28.8 Å². The number of anilines is 1. The Bertz CT molecular complexity index is 2990. The normalized spacial score (nSPS) is 15.8.